The van der Waals surface area contributed by atoms with Gasteiger partial charge in [-0.2, -0.15) is 0 Å². The van der Waals surface area contributed by atoms with Crippen LogP contribution < -0.4 is 10.1 Å². The Balaban J connectivity index is 1.43. The standard InChI is InChI=1S/C18H25NO/c1-20-17-4-2-13(3-5-17)12-19-18-9-14-6-15(10-18)8-16(7-14)11-18/h2-5,14-16,19H,6-12H2,1H3. The molecule has 0 unspecified atom stereocenters. The van der Waals surface area contributed by atoms with E-state index in [-0.39, 0.29) is 0 Å². The van der Waals surface area contributed by atoms with Crippen LogP contribution in [0.3, 0.4) is 0 Å². The zero-order valence-corrected chi connectivity index (χ0v) is 12.4. The van der Waals surface area contributed by atoms with Gasteiger partial charge in [-0.25, -0.2) is 0 Å². The maximum Gasteiger partial charge on any atom is 0.118 e. The molecular formula is C18H25NO. The molecule has 108 valence electrons. The van der Waals surface area contributed by atoms with Crippen LogP contribution >= 0.6 is 0 Å². The molecule has 1 N–H and O–H groups in total. The van der Waals surface area contributed by atoms with Crippen molar-refractivity contribution < 1.29 is 4.74 Å². The normalized spacial score (nSPS) is 38.1. The molecule has 4 bridgehead atoms. The second kappa shape index (κ2) is 4.77. The SMILES string of the molecule is COc1ccc(CNC23CC4CC(CC(C4)C2)C3)cc1. The van der Waals surface area contributed by atoms with Crippen molar-refractivity contribution in [3.63, 3.8) is 0 Å². The quantitative estimate of drug-likeness (QED) is 0.900. The lowest BCUT2D eigenvalue weighted by molar-refractivity contribution is -0.0206. The molecule has 1 aromatic carbocycles. The Kier molecular flexibility index (Phi) is 3.03. The van der Waals surface area contributed by atoms with Crippen molar-refractivity contribution >= 4 is 0 Å². The van der Waals surface area contributed by atoms with E-state index in [0.717, 1.165) is 30.0 Å². The third kappa shape index (κ3) is 2.24. The average molecular weight is 271 g/mol. The summed E-state index contributed by atoms with van der Waals surface area (Å²) >= 11 is 0. The van der Waals surface area contributed by atoms with Gasteiger partial charge in [0.25, 0.3) is 0 Å². The van der Waals surface area contributed by atoms with Crippen LogP contribution in [0.4, 0.5) is 0 Å². The third-order valence-corrected chi connectivity index (χ3v) is 5.86. The van der Waals surface area contributed by atoms with Gasteiger partial charge >= 0.3 is 0 Å². The van der Waals surface area contributed by atoms with E-state index in [4.69, 9.17) is 4.74 Å². The van der Waals surface area contributed by atoms with Gasteiger partial charge in [0.15, 0.2) is 0 Å². The number of methoxy groups -OCH3 is 1. The van der Waals surface area contributed by atoms with Crippen LogP contribution in [0, 0.1) is 17.8 Å². The summed E-state index contributed by atoms with van der Waals surface area (Å²) in [6.45, 7) is 1.01. The first-order valence-corrected chi connectivity index (χ1v) is 8.13. The van der Waals surface area contributed by atoms with Gasteiger partial charge in [-0.05, 0) is 74.0 Å². The van der Waals surface area contributed by atoms with Crippen LogP contribution in [0.25, 0.3) is 0 Å². The summed E-state index contributed by atoms with van der Waals surface area (Å²) in [5.41, 5.74) is 1.84. The monoisotopic (exact) mass is 271 g/mol. The van der Waals surface area contributed by atoms with Gasteiger partial charge in [-0.1, -0.05) is 12.1 Å². The van der Waals surface area contributed by atoms with Crippen molar-refractivity contribution in [2.45, 2.75) is 50.6 Å². The van der Waals surface area contributed by atoms with Crippen molar-refractivity contribution in [1.82, 2.24) is 5.32 Å². The van der Waals surface area contributed by atoms with Crippen molar-refractivity contribution in [3.05, 3.63) is 29.8 Å². The first kappa shape index (κ1) is 12.7. The predicted molar refractivity (Wildman–Crippen MR) is 80.7 cm³/mol. The minimum atomic E-state index is 0.467. The summed E-state index contributed by atoms with van der Waals surface area (Å²) in [6.07, 6.45) is 8.83. The molecule has 1 aromatic rings. The minimum Gasteiger partial charge on any atom is -0.497 e. The van der Waals surface area contributed by atoms with E-state index in [1.54, 1.807) is 7.11 Å². The summed E-state index contributed by atoms with van der Waals surface area (Å²) in [5.74, 6) is 4.00. The van der Waals surface area contributed by atoms with Crippen LogP contribution in [0.2, 0.25) is 0 Å². The molecule has 4 fully saturated rings. The van der Waals surface area contributed by atoms with Crippen LogP contribution in [0.15, 0.2) is 24.3 Å². The number of ether oxygens (including phenoxy) is 1. The molecule has 2 nitrogen and oxygen atoms in total. The molecule has 0 atom stereocenters. The maximum absolute atomic E-state index is 5.23. The first-order valence-electron chi connectivity index (χ1n) is 8.13. The Morgan fingerprint density at radius 3 is 2.05 bits per heavy atom. The molecule has 4 aliphatic rings. The fraction of sp³-hybridized carbons (Fsp3) is 0.667. The molecule has 0 spiro atoms. The summed E-state index contributed by atoms with van der Waals surface area (Å²) in [5, 5.41) is 3.94. The maximum atomic E-state index is 5.23. The molecule has 5 rings (SSSR count). The average Bonchev–Trinajstić information content (AvgIpc) is 2.44. The second-order valence-corrected chi connectivity index (χ2v) is 7.40. The molecule has 0 aliphatic heterocycles. The molecule has 4 aliphatic carbocycles. The van der Waals surface area contributed by atoms with Crippen molar-refractivity contribution in [2.24, 2.45) is 17.8 Å². The van der Waals surface area contributed by atoms with Crippen LogP contribution in [-0.4, -0.2) is 12.6 Å². The van der Waals surface area contributed by atoms with Crippen molar-refractivity contribution in [3.8, 4) is 5.75 Å². The Bertz CT molecular complexity index is 443. The molecule has 4 saturated carbocycles. The highest BCUT2D eigenvalue weighted by Gasteiger charge is 2.50. The molecule has 0 amide bonds. The molecular weight excluding hydrogens is 246 g/mol. The lowest BCUT2D eigenvalue weighted by Crippen LogP contribution is -2.58. The van der Waals surface area contributed by atoms with E-state index >= 15 is 0 Å². The van der Waals surface area contributed by atoms with Gasteiger partial charge in [0.1, 0.15) is 5.75 Å². The van der Waals surface area contributed by atoms with Gasteiger partial charge in [0.05, 0.1) is 7.11 Å². The largest absolute Gasteiger partial charge is 0.497 e. The fourth-order valence-electron chi connectivity index (χ4n) is 5.36. The summed E-state index contributed by atoms with van der Waals surface area (Å²) < 4.78 is 5.23. The van der Waals surface area contributed by atoms with Gasteiger partial charge < -0.3 is 10.1 Å². The number of hydrogen-bond donors (Lipinski definition) is 1. The Labute approximate surface area is 121 Å². The number of benzene rings is 1. The van der Waals surface area contributed by atoms with Gasteiger partial charge in [-0.15, -0.1) is 0 Å². The predicted octanol–water partition coefficient (Wildman–Crippen LogP) is 3.75. The zero-order chi connectivity index (χ0) is 13.6. The van der Waals surface area contributed by atoms with Crippen LogP contribution in [0.5, 0.6) is 5.75 Å². The lowest BCUT2D eigenvalue weighted by Gasteiger charge is -2.57. The fourth-order valence-corrected chi connectivity index (χ4v) is 5.36. The Morgan fingerprint density at radius 1 is 1.00 bits per heavy atom. The second-order valence-electron chi connectivity index (χ2n) is 7.40. The molecule has 0 saturated heterocycles. The Morgan fingerprint density at radius 2 is 1.55 bits per heavy atom. The molecule has 20 heavy (non-hydrogen) atoms. The van der Waals surface area contributed by atoms with E-state index in [9.17, 15) is 0 Å². The van der Waals surface area contributed by atoms with Crippen LogP contribution in [-0.2, 0) is 6.54 Å². The van der Waals surface area contributed by atoms with Crippen molar-refractivity contribution in [1.29, 1.82) is 0 Å². The van der Waals surface area contributed by atoms with E-state index in [1.165, 1.54) is 44.1 Å². The highest BCUT2D eigenvalue weighted by molar-refractivity contribution is 5.27. The molecule has 2 heteroatoms. The molecule has 0 aromatic heterocycles. The van der Waals surface area contributed by atoms with E-state index in [0.29, 0.717) is 5.54 Å². The number of nitrogens with one attached hydrogen (secondary N) is 1. The number of rotatable bonds is 4. The Hall–Kier alpha value is -1.02. The third-order valence-electron chi connectivity index (χ3n) is 5.86. The highest BCUT2D eigenvalue weighted by Crippen LogP contribution is 2.55. The number of hydrogen-bond acceptors (Lipinski definition) is 2. The van der Waals surface area contributed by atoms with Crippen molar-refractivity contribution in [2.75, 3.05) is 7.11 Å². The summed E-state index contributed by atoms with van der Waals surface area (Å²) in [7, 11) is 1.72. The topological polar surface area (TPSA) is 21.3 Å². The lowest BCUT2D eigenvalue weighted by atomic mass is 9.53. The minimum absolute atomic E-state index is 0.467. The van der Waals surface area contributed by atoms with E-state index < -0.39 is 0 Å². The highest BCUT2D eigenvalue weighted by atomic mass is 16.5. The first-order chi connectivity index (χ1) is 9.75. The molecule has 0 radical (unpaired) electrons. The smallest absolute Gasteiger partial charge is 0.118 e. The molecule has 0 heterocycles. The van der Waals surface area contributed by atoms with E-state index in [2.05, 4.69) is 29.6 Å². The summed E-state index contributed by atoms with van der Waals surface area (Å²) in [6, 6.07) is 8.51. The summed E-state index contributed by atoms with van der Waals surface area (Å²) in [4.78, 5) is 0. The zero-order valence-electron chi connectivity index (χ0n) is 12.4. The van der Waals surface area contributed by atoms with Gasteiger partial charge in [-0.3, -0.25) is 0 Å². The van der Waals surface area contributed by atoms with Gasteiger partial charge in [0, 0.05) is 12.1 Å². The van der Waals surface area contributed by atoms with E-state index in [1.807, 2.05) is 0 Å². The van der Waals surface area contributed by atoms with Crippen LogP contribution in [0.1, 0.15) is 44.1 Å². The van der Waals surface area contributed by atoms with Gasteiger partial charge in [0.2, 0.25) is 0 Å².